The minimum absolute atomic E-state index is 0.00515. The maximum absolute atomic E-state index is 13.2. The first-order valence-corrected chi connectivity index (χ1v) is 15.4. The lowest BCUT2D eigenvalue weighted by Gasteiger charge is -2.51. The van der Waals surface area contributed by atoms with Gasteiger partial charge in [-0.25, -0.2) is 13.4 Å². The highest BCUT2D eigenvalue weighted by atomic mass is 32.3. The molecule has 43 heavy (non-hydrogen) atoms. The Balaban J connectivity index is 1.34. The summed E-state index contributed by atoms with van der Waals surface area (Å²) in [5.74, 6) is -1.78. The molecule has 0 aliphatic carbocycles. The van der Waals surface area contributed by atoms with Crippen LogP contribution in [0.15, 0.2) is 47.2 Å². The Morgan fingerprint density at radius 3 is 2.56 bits per heavy atom. The third kappa shape index (κ3) is 7.74. The second kappa shape index (κ2) is 13.2. The smallest absolute Gasteiger partial charge is 0.253 e. The molecule has 3 heterocycles. The third-order valence-corrected chi connectivity index (χ3v) is 7.86. The Hall–Kier alpha value is -3.90. The van der Waals surface area contributed by atoms with Crippen molar-refractivity contribution in [1.29, 1.82) is 0 Å². The van der Waals surface area contributed by atoms with Gasteiger partial charge < -0.3 is 25.6 Å². The SMILES string of the molecule is C[n+]1cc(-c2ccc(OCCO/N=C(\C(=O)CC3C(=O)N(OS(=O)(=O)[O-])C3(C)C)c3csc(N)n3)cc2)cn1CCCN. The van der Waals surface area contributed by atoms with E-state index in [1.807, 2.05) is 42.2 Å². The Bertz CT molecular complexity index is 1600. The number of carbonyl (C=O) groups is 2. The van der Waals surface area contributed by atoms with Crippen LogP contribution >= 0.6 is 11.3 Å². The highest BCUT2D eigenvalue weighted by molar-refractivity contribution is 7.80. The largest absolute Gasteiger partial charge is 0.724 e. The van der Waals surface area contributed by atoms with Crippen LogP contribution in [0.5, 0.6) is 5.75 Å². The van der Waals surface area contributed by atoms with Gasteiger partial charge in [-0.2, -0.15) is 14.0 Å². The van der Waals surface area contributed by atoms with E-state index in [0.717, 1.165) is 35.4 Å². The molecule has 0 radical (unpaired) electrons. The van der Waals surface area contributed by atoms with Gasteiger partial charge in [0, 0.05) is 11.8 Å². The van der Waals surface area contributed by atoms with E-state index in [-0.39, 0.29) is 36.2 Å². The number of amides is 1. The fourth-order valence-electron chi connectivity index (χ4n) is 4.52. The van der Waals surface area contributed by atoms with Crippen LogP contribution in [0.2, 0.25) is 0 Å². The van der Waals surface area contributed by atoms with E-state index in [1.165, 1.54) is 19.2 Å². The second-order valence-corrected chi connectivity index (χ2v) is 12.1. The lowest BCUT2D eigenvalue weighted by Crippen LogP contribution is -2.68. The van der Waals surface area contributed by atoms with Gasteiger partial charge in [-0.15, -0.1) is 16.0 Å². The van der Waals surface area contributed by atoms with Crippen LogP contribution in [0, 0.1) is 5.92 Å². The molecular formula is C26H33N7O8S2. The number of carbonyl (C=O) groups excluding carboxylic acids is 2. The first kappa shape index (κ1) is 32.0. The van der Waals surface area contributed by atoms with Gasteiger partial charge in [0.05, 0.1) is 29.8 Å². The van der Waals surface area contributed by atoms with Gasteiger partial charge >= 0.3 is 0 Å². The van der Waals surface area contributed by atoms with Crippen molar-refractivity contribution in [2.75, 3.05) is 25.5 Å². The van der Waals surface area contributed by atoms with Crippen molar-refractivity contribution in [3.8, 4) is 16.9 Å². The van der Waals surface area contributed by atoms with E-state index in [9.17, 15) is 22.6 Å². The average Bonchev–Trinajstić information content (AvgIpc) is 3.55. The molecular weight excluding hydrogens is 602 g/mol. The third-order valence-electron chi connectivity index (χ3n) is 6.86. The summed E-state index contributed by atoms with van der Waals surface area (Å²) in [5, 5.41) is 6.12. The molecule has 3 aromatic rings. The number of benzene rings is 1. The topological polar surface area (TPSA) is 208 Å². The molecule has 1 atom stereocenters. The lowest BCUT2D eigenvalue weighted by atomic mass is 9.74. The monoisotopic (exact) mass is 635 g/mol. The number of nitrogens with zero attached hydrogens (tertiary/aromatic N) is 5. The molecule has 1 saturated heterocycles. The number of hydrogen-bond donors (Lipinski definition) is 2. The lowest BCUT2D eigenvalue weighted by molar-refractivity contribution is -0.753. The van der Waals surface area contributed by atoms with E-state index >= 15 is 0 Å². The molecule has 2 aromatic heterocycles. The summed E-state index contributed by atoms with van der Waals surface area (Å²) in [6.07, 6.45) is 4.63. The molecule has 232 valence electrons. The quantitative estimate of drug-likeness (QED) is 0.0453. The van der Waals surface area contributed by atoms with E-state index < -0.39 is 33.5 Å². The summed E-state index contributed by atoms with van der Waals surface area (Å²) in [6.45, 7) is 4.51. The Morgan fingerprint density at radius 2 is 1.95 bits per heavy atom. The van der Waals surface area contributed by atoms with Gasteiger partial charge in [0.25, 0.3) is 5.91 Å². The number of β-lactam (4-membered cyclic amide) rings is 1. The first-order chi connectivity index (χ1) is 20.3. The number of Topliss-reactive ketones (excluding diaryl/α,β-unsaturated/α-hetero) is 1. The molecule has 15 nitrogen and oxygen atoms in total. The predicted molar refractivity (Wildman–Crippen MR) is 154 cm³/mol. The van der Waals surface area contributed by atoms with Gasteiger partial charge in [0.15, 0.2) is 30.3 Å². The predicted octanol–water partition coefficient (Wildman–Crippen LogP) is 0.755. The molecule has 1 aliphatic heterocycles. The number of anilines is 1. The summed E-state index contributed by atoms with van der Waals surface area (Å²) in [5.41, 5.74) is 12.2. The molecule has 1 aromatic carbocycles. The maximum atomic E-state index is 13.2. The van der Waals surface area contributed by atoms with Crippen molar-refractivity contribution in [1.82, 2.24) is 14.7 Å². The van der Waals surface area contributed by atoms with Crippen molar-refractivity contribution < 1.29 is 41.1 Å². The molecule has 0 saturated carbocycles. The minimum atomic E-state index is -5.17. The Labute approximate surface area is 252 Å². The normalized spacial score (nSPS) is 16.7. The molecule has 4 N–H and O–H groups in total. The van der Waals surface area contributed by atoms with E-state index in [1.54, 1.807) is 0 Å². The Kier molecular flexibility index (Phi) is 9.81. The van der Waals surface area contributed by atoms with Crippen molar-refractivity contribution in [3.05, 3.63) is 47.7 Å². The zero-order chi connectivity index (χ0) is 31.4. The number of hydroxylamine groups is 2. The first-order valence-electron chi connectivity index (χ1n) is 13.2. The van der Waals surface area contributed by atoms with Crippen molar-refractivity contribution in [3.63, 3.8) is 0 Å². The molecule has 1 amide bonds. The van der Waals surface area contributed by atoms with Gasteiger partial charge in [0.2, 0.25) is 16.6 Å². The minimum Gasteiger partial charge on any atom is -0.724 e. The number of ketones is 1. The van der Waals surface area contributed by atoms with Crippen LogP contribution < -0.4 is 20.9 Å². The fourth-order valence-corrected chi connectivity index (χ4v) is 5.51. The van der Waals surface area contributed by atoms with Gasteiger partial charge in [-0.1, -0.05) is 17.3 Å². The maximum Gasteiger partial charge on any atom is 0.253 e. The van der Waals surface area contributed by atoms with E-state index in [2.05, 4.69) is 25.3 Å². The number of aryl methyl sites for hydroxylation is 2. The molecule has 1 unspecified atom stereocenters. The highest BCUT2D eigenvalue weighted by Gasteiger charge is 2.57. The van der Waals surface area contributed by atoms with Gasteiger partial charge in [0.1, 0.15) is 18.1 Å². The van der Waals surface area contributed by atoms with E-state index in [0.29, 0.717) is 17.4 Å². The van der Waals surface area contributed by atoms with Crippen molar-refractivity contribution in [2.24, 2.45) is 23.9 Å². The number of nitrogens with two attached hydrogens (primary N) is 2. The number of nitrogen functional groups attached to an aromatic ring is 1. The van der Waals surface area contributed by atoms with Crippen LogP contribution in [0.25, 0.3) is 11.1 Å². The number of hydrogen-bond acceptors (Lipinski definition) is 13. The summed E-state index contributed by atoms with van der Waals surface area (Å²) < 4.78 is 47.0. The molecule has 1 fully saturated rings. The van der Waals surface area contributed by atoms with Crippen molar-refractivity contribution >= 4 is 44.3 Å². The zero-order valence-electron chi connectivity index (χ0n) is 23.8. The fraction of sp³-hybridized carbons (Fsp3) is 0.423. The van der Waals surface area contributed by atoms with Crippen molar-refractivity contribution in [2.45, 2.75) is 38.8 Å². The summed E-state index contributed by atoms with van der Waals surface area (Å²) in [7, 11) is -3.19. The molecule has 17 heteroatoms. The number of oxime groups is 1. The summed E-state index contributed by atoms with van der Waals surface area (Å²) >= 11 is 1.09. The molecule has 1 aliphatic rings. The van der Waals surface area contributed by atoms with E-state index in [4.69, 9.17) is 21.0 Å². The standard InChI is InChI=1S/C26H33N7O8S2/c1-26(2)20(24(35)33(26)41-43(36,37)38)13-22(34)23(21-16-42-25(28)29-21)30-40-12-11-39-19-7-5-17(6-8-19)18-14-31(3)32(15-18)10-4-9-27/h5-8,14-16,20H,4,9-13,27H2,1-3H3,(H2-,28,29,36,37,38)/b30-23-. The Morgan fingerprint density at radius 1 is 1.23 bits per heavy atom. The van der Waals surface area contributed by atoms with Crippen LogP contribution in [0.4, 0.5) is 5.13 Å². The number of thiazole rings is 1. The van der Waals surface area contributed by atoms with Crippen LogP contribution in [0.1, 0.15) is 32.4 Å². The molecule has 4 rings (SSSR count). The highest BCUT2D eigenvalue weighted by Crippen LogP contribution is 2.40. The second-order valence-electron chi connectivity index (χ2n) is 10.3. The van der Waals surface area contributed by atoms with Crippen LogP contribution in [-0.4, -0.2) is 70.4 Å². The van der Waals surface area contributed by atoms with Crippen LogP contribution in [-0.2, 0) is 42.7 Å². The molecule has 0 bridgehead atoms. The number of aromatic nitrogens is 3. The van der Waals surface area contributed by atoms with Gasteiger partial charge in [-0.3, -0.25) is 9.59 Å². The van der Waals surface area contributed by atoms with Gasteiger partial charge in [-0.05, 0) is 44.5 Å². The number of ether oxygens (including phenoxy) is 1. The number of rotatable bonds is 15. The van der Waals surface area contributed by atoms with Crippen LogP contribution in [0.3, 0.4) is 0 Å². The summed E-state index contributed by atoms with van der Waals surface area (Å²) in [6, 6.07) is 7.57. The zero-order valence-corrected chi connectivity index (χ0v) is 25.5. The average molecular weight is 636 g/mol. The molecule has 0 spiro atoms. The summed E-state index contributed by atoms with van der Waals surface area (Å²) in [4.78, 5) is 35.1.